The molecule has 21 heavy (non-hydrogen) atoms. The van der Waals surface area contributed by atoms with Gasteiger partial charge in [0.15, 0.2) is 0 Å². The van der Waals surface area contributed by atoms with Gasteiger partial charge in [-0.15, -0.1) is 0 Å². The molecule has 0 aliphatic rings. The third-order valence-corrected chi connectivity index (χ3v) is 3.44. The molecule has 0 aliphatic heterocycles. The van der Waals surface area contributed by atoms with E-state index >= 15 is 0 Å². The second-order valence-electron chi connectivity index (χ2n) is 4.85. The molecule has 0 atom stereocenters. The highest BCUT2D eigenvalue weighted by molar-refractivity contribution is 9.10. The van der Waals surface area contributed by atoms with Crippen molar-refractivity contribution in [3.63, 3.8) is 0 Å². The number of benzene rings is 2. The molecule has 0 unspecified atom stereocenters. The number of carbonyl (C=O) groups excluding carboxylic acids is 1. The van der Waals surface area contributed by atoms with Crippen LogP contribution < -0.4 is 5.32 Å². The van der Waals surface area contributed by atoms with Gasteiger partial charge in [-0.1, -0.05) is 28.1 Å². The predicted molar refractivity (Wildman–Crippen MR) is 85.5 cm³/mol. The molecular weight excluding hydrogens is 335 g/mol. The molecule has 2 aromatic rings. The van der Waals surface area contributed by atoms with E-state index in [1.54, 1.807) is 12.1 Å². The van der Waals surface area contributed by atoms with Crippen LogP contribution in [0.2, 0.25) is 0 Å². The standard InChI is InChI=1S/C16H16BrFN2O/c1-20(10-12-2-6-14(18)7-3-12)11-16(21)19-15-8-4-13(17)5-9-15/h2-9H,10-11H2,1H3,(H,19,21). The predicted octanol–water partition coefficient (Wildman–Crippen LogP) is 3.66. The van der Waals surface area contributed by atoms with Crippen LogP contribution in [0.3, 0.4) is 0 Å². The zero-order valence-electron chi connectivity index (χ0n) is 11.6. The molecule has 1 N–H and O–H groups in total. The van der Waals surface area contributed by atoms with Crippen molar-refractivity contribution in [3.05, 3.63) is 64.4 Å². The minimum atomic E-state index is -0.255. The number of amides is 1. The van der Waals surface area contributed by atoms with Crippen molar-refractivity contribution in [1.29, 1.82) is 0 Å². The van der Waals surface area contributed by atoms with Gasteiger partial charge in [-0.05, 0) is 49.0 Å². The SMILES string of the molecule is CN(CC(=O)Nc1ccc(Br)cc1)Cc1ccc(F)cc1. The Morgan fingerprint density at radius 2 is 1.76 bits per heavy atom. The number of carbonyl (C=O) groups is 1. The van der Waals surface area contributed by atoms with Gasteiger partial charge in [-0.2, -0.15) is 0 Å². The van der Waals surface area contributed by atoms with Gasteiger partial charge in [0.05, 0.1) is 6.54 Å². The fourth-order valence-corrected chi connectivity index (χ4v) is 2.20. The molecule has 0 spiro atoms. The summed E-state index contributed by atoms with van der Waals surface area (Å²) in [6.07, 6.45) is 0. The van der Waals surface area contributed by atoms with Gasteiger partial charge < -0.3 is 5.32 Å². The first-order chi connectivity index (χ1) is 10.0. The molecule has 2 rings (SSSR count). The molecule has 0 aromatic heterocycles. The third kappa shape index (κ3) is 5.28. The van der Waals surface area contributed by atoms with Crippen molar-refractivity contribution in [2.24, 2.45) is 0 Å². The summed E-state index contributed by atoms with van der Waals surface area (Å²) in [7, 11) is 1.85. The number of hydrogen-bond donors (Lipinski definition) is 1. The highest BCUT2D eigenvalue weighted by Crippen LogP contribution is 2.14. The maximum atomic E-state index is 12.8. The second-order valence-corrected chi connectivity index (χ2v) is 5.77. The summed E-state index contributed by atoms with van der Waals surface area (Å²) in [6.45, 7) is 0.863. The maximum Gasteiger partial charge on any atom is 0.238 e. The lowest BCUT2D eigenvalue weighted by Gasteiger charge is -2.16. The van der Waals surface area contributed by atoms with Gasteiger partial charge in [0.1, 0.15) is 5.82 Å². The van der Waals surface area contributed by atoms with Crippen molar-refractivity contribution in [2.75, 3.05) is 18.9 Å². The second kappa shape index (κ2) is 7.33. The van der Waals surface area contributed by atoms with E-state index in [1.165, 1.54) is 12.1 Å². The van der Waals surface area contributed by atoms with Crippen molar-refractivity contribution < 1.29 is 9.18 Å². The van der Waals surface area contributed by atoms with Crippen LogP contribution in [0.25, 0.3) is 0 Å². The molecular formula is C16H16BrFN2O. The van der Waals surface area contributed by atoms with E-state index < -0.39 is 0 Å². The molecule has 0 saturated heterocycles. The van der Waals surface area contributed by atoms with Gasteiger partial charge in [0.2, 0.25) is 5.91 Å². The third-order valence-electron chi connectivity index (χ3n) is 2.91. The molecule has 0 fully saturated rings. The number of likely N-dealkylation sites (N-methyl/N-ethyl adjacent to an activating group) is 1. The van der Waals surface area contributed by atoms with E-state index in [0.29, 0.717) is 6.54 Å². The Kier molecular flexibility index (Phi) is 5.47. The normalized spacial score (nSPS) is 10.7. The van der Waals surface area contributed by atoms with Crippen LogP contribution in [-0.2, 0) is 11.3 Å². The summed E-state index contributed by atoms with van der Waals surface area (Å²) in [6, 6.07) is 13.7. The van der Waals surface area contributed by atoms with E-state index in [0.717, 1.165) is 15.7 Å². The summed E-state index contributed by atoms with van der Waals surface area (Å²) >= 11 is 3.35. The summed E-state index contributed by atoms with van der Waals surface area (Å²) in [4.78, 5) is 13.8. The highest BCUT2D eigenvalue weighted by Gasteiger charge is 2.07. The van der Waals surface area contributed by atoms with Crippen LogP contribution in [0, 0.1) is 5.82 Å². The largest absolute Gasteiger partial charge is 0.325 e. The first-order valence-electron chi connectivity index (χ1n) is 6.51. The minimum Gasteiger partial charge on any atom is -0.325 e. The van der Waals surface area contributed by atoms with E-state index in [1.807, 2.05) is 36.2 Å². The summed E-state index contributed by atoms with van der Waals surface area (Å²) in [5, 5.41) is 2.83. The maximum absolute atomic E-state index is 12.8. The van der Waals surface area contributed by atoms with Crippen LogP contribution in [0.4, 0.5) is 10.1 Å². The number of nitrogens with zero attached hydrogens (tertiary/aromatic N) is 1. The number of nitrogens with one attached hydrogen (secondary N) is 1. The van der Waals surface area contributed by atoms with Crippen molar-refractivity contribution in [2.45, 2.75) is 6.54 Å². The minimum absolute atomic E-state index is 0.0815. The van der Waals surface area contributed by atoms with Crippen molar-refractivity contribution in [3.8, 4) is 0 Å². The average Bonchev–Trinajstić information content (AvgIpc) is 2.44. The molecule has 0 aliphatic carbocycles. The van der Waals surface area contributed by atoms with E-state index in [4.69, 9.17) is 0 Å². The van der Waals surface area contributed by atoms with Gasteiger partial charge in [-0.3, -0.25) is 9.69 Å². The van der Waals surface area contributed by atoms with Crippen LogP contribution in [0.1, 0.15) is 5.56 Å². The summed E-state index contributed by atoms with van der Waals surface area (Å²) in [5.41, 5.74) is 1.73. The van der Waals surface area contributed by atoms with Crippen LogP contribution in [0.15, 0.2) is 53.0 Å². The molecule has 2 aromatic carbocycles. The monoisotopic (exact) mass is 350 g/mol. The molecule has 5 heteroatoms. The lowest BCUT2D eigenvalue weighted by atomic mass is 10.2. The van der Waals surface area contributed by atoms with Crippen LogP contribution >= 0.6 is 15.9 Å². The fraction of sp³-hybridized carbons (Fsp3) is 0.188. The van der Waals surface area contributed by atoms with Gasteiger partial charge >= 0.3 is 0 Å². The fourth-order valence-electron chi connectivity index (χ4n) is 1.94. The lowest BCUT2D eigenvalue weighted by Crippen LogP contribution is -2.29. The molecule has 0 radical (unpaired) electrons. The number of hydrogen-bond acceptors (Lipinski definition) is 2. The van der Waals surface area contributed by atoms with Gasteiger partial charge in [0, 0.05) is 16.7 Å². The molecule has 1 amide bonds. The zero-order chi connectivity index (χ0) is 15.2. The van der Waals surface area contributed by atoms with E-state index in [-0.39, 0.29) is 18.3 Å². The number of halogens is 2. The number of rotatable bonds is 5. The molecule has 110 valence electrons. The Morgan fingerprint density at radius 1 is 1.14 bits per heavy atom. The van der Waals surface area contributed by atoms with E-state index in [9.17, 15) is 9.18 Å². The average molecular weight is 351 g/mol. The number of anilines is 1. The summed E-state index contributed by atoms with van der Waals surface area (Å²) in [5.74, 6) is -0.337. The Morgan fingerprint density at radius 3 is 2.38 bits per heavy atom. The smallest absolute Gasteiger partial charge is 0.238 e. The quantitative estimate of drug-likeness (QED) is 0.892. The van der Waals surface area contributed by atoms with Crippen LogP contribution in [0.5, 0.6) is 0 Å². The first-order valence-corrected chi connectivity index (χ1v) is 7.30. The summed E-state index contributed by atoms with van der Waals surface area (Å²) < 4.78 is 13.8. The Balaban J connectivity index is 1.84. The van der Waals surface area contributed by atoms with Crippen LogP contribution in [-0.4, -0.2) is 24.4 Å². The topological polar surface area (TPSA) is 32.3 Å². The Hall–Kier alpha value is -1.72. The van der Waals surface area contributed by atoms with Crippen molar-refractivity contribution in [1.82, 2.24) is 4.90 Å². The van der Waals surface area contributed by atoms with E-state index in [2.05, 4.69) is 21.2 Å². The van der Waals surface area contributed by atoms with Gasteiger partial charge in [0.25, 0.3) is 0 Å². The Labute approximate surface area is 131 Å². The Bertz CT molecular complexity index is 599. The zero-order valence-corrected chi connectivity index (χ0v) is 13.2. The lowest BCUT2D eigenvalue weighted by molar-refractivity contribution is -0.117. The molecule has 0 saturated carbocycles. The first kappa shape index (κ1) is 15.7. The highest BCUT2D eigenvalue weighted by atomic mass is 79.9. The molecule has 0 heterocycles. The molecule has 0 bridgehead atoms. The van der Waals surface area contributed by atoms with Gasteiger partial charge in [-0.25, -0.2) is 4.39 Å². The molecule has 3 nitrogen and oxygen atoms in total. The van der Waals surface area contributed by atoms with Crippen molar-refractivity contribution >= 4 is 27.5 Å².